The minimum absolute atomic E-state index is 0.0900. The van der Waals surface area contributed by atoms with E-state index in [4.69, 9.17) is 9.79 Å². The Morgan fingerprint density at radius 1 is 1.55 bits per heavy atom. The summed E-state index contributed by atoms with van der Waals surface area (Å²) in [6, 6.07) is 0. The Morgan fingerprint density at radius 2 is 2.20 bits per heavy atom. The summed E-state index contributed by atoms with van der Waals surface area (Å²) in [6.07, 6.45) is 2.30. The maximum Gasteiger partial charge on any atom is 0.469 e. The van der Waals surface area contributed by atoms with E-state index in [0.717, 1.165) is 13.1 Å². The molecule has 0 radical (unpaired) electrons. The summed E-state index contributed by atoms with van der Waals surface area (Å²) < 4.78 is 15.0. The molecule has 0 unspecified atom stereocenters. The van der Waals surface area contributed by atoms with E-state index in [0.29, 0.717) is 0 Å². The zero-order chi connectivity index (χ0) is 15.3. The van der Waals surface area contributed by atoms with Crippen molar-refractivity contribution in [3.63, 3.8) is 0 Å². The van der Waals surface area contributed by atoms with Crippen molar-refractivity contribution < 1.29 is 33.6 Å². The molecule has 0 amide bonds. The minimum atomic E-state index is -4.66. The van der Waals surface area contributed by atoms with Gasteiger partial charge in [0.05, 0.1) is 18.5 Å². The molecule has 0 fully saturated rings. The zero-order valence-electron chi connectivity index (χ0n) is 10.7. The number of oxime groups is 1. The van der Waals surface area contributed by atoms with Crippen LogP contribution in [0.2, 0.25) is 0 Å². The van der Waals surface area contributed by atoms with Gasteiger partial charge in [-0.3, -0.25) is 9.51 Å². The van der Waals surface area contributed by atoms with Crippen LogP contribution in [0.15, 0.2) is 11.4 Å². The van der Waals surface area contributed by atoms with Gasteiger partial charge in [-0.15, -0.1) is 0 Å². The molecule has 0 bridgehead atoms. The molecule has 3 N–H and O–H groups in total. The summed E-state index contributed by atoms with van der Waals surface area (Å²) in [5, 5.41) is 13.2. The standard InChI is InChI=1S/C10H13N2O7P/c1-6-10(14)9(4-12-19-7(2)13)8(3-11-6)5-18-20(15,16)17/h3-4,14H,5H2,1-2H3,(H2,15,16,17)/b12-4+. The van der Waals surface area contributed by atoms with Gasteiger partial charge in [0.25, 0.3) is 0 Å². The number of aromatic hydroxyl groups is 1. The molecule has 9 nitrogen and oxygen atoms in total. The van der Waals surface area contributed by atoms with Crippen LogP contribution < -0.4 is 0 Å². The van der Waals surface area contributed by atoms with E-state index < -0.39 is 20.4 Å². The van der Waals surface area contributed by atoms with E-state index in [9.17, 15) is 14.5 Å². The molecule has 10 heteroatoms. The molecule has 20 heavy (non-hydrogen) atoms. The number of aryl methyl sites for hydroxylation is 1. The third-order valence-electron chi connectivity index (χ3n) is 2.11. The number of phosphoric acid groups is 1. The van der Waals surface area contributed by atoms with Gasteiger partial charge in [0.1, 0.15) is 5.75 Å². The quantitative estimate of drug-likeness (QED) is 0.311. The Balaban J connectivity index is 3.04. The second-order valence-corrected chi connectivity index (χ2v) is 4.95. The van der Waals surface area contributed by atoms with E-state index in [-0.39, 0.29) is 22.6 Å². The summed E-state index contributed by atoms with van der Waals surface area (Å²) in [6.45, 7) is 2.17. The van der Waals surface area contributed by atoms with Crippen molar-refractivity contribution >= 4 is 20.0 Å². The van der Waals surface area contributed by atoms with E-state index in [2.05, 4.69) is 19.5 Å². The van der Waals surface area contributed by atoms with Crippen LogP contribution in [-0.4, -0.2) is 32.1 Å². The molecule has 110 valence electrons. The molecule has 1 rings (SSSR count). The average molecular weight is 304 g/mol. The maximum absolute atomic E-state index is 10.7. The predicted octanol–water partition coefficient (Wildman–Crippen LogP) is 0.602. The van der Waals surface area contributed by atoms with Crippen LogP contribution in [0.25, 0.3) is 0 Å². The fourth-order valence-electron chi connectivity index (χ4n) is 1.22. The van der Waals surface area contributed by atoms with Gasteiger partial charge in [0.15, 0.2) is 0 Å². The number of carbonyl (C=O) groups excluding carboxylic acids is 1. The van der Waals surface area contributed by atoms with Gasteiger partial charge in [-0.05, 0) is 6.92 Å². The first kappa shape index (κ1) is 16.3. The Hall–Kier alpha value is -1.80. The van der Waals surface area contributed by atoms with Crippen molar-refractivity contribution in [2.45, 2.75) is 20.5 Å². The van der Waals surface area contributed by atoms with Crippen molar-refractivity contribution in [3.05, 3.63) is 23.0 Å². The van der Waals surface area contributed by atoms with Crippen LogP contribution in [0, 0.1) is 6.92 Å². The zero-order valence-corrected chi connectivity index (χ0v) is 11.6. The first-order valence-corrected chi connectivity index (χ1v) is 6.82. The van der Waals surface area contributed by atoms with Crippen molar-refractivity contribution in [1.82, 2.24) is 4.98 Å². The Morgan fingerprint density at radius 3 is 2.75 bits per heavy atom. The van der Waals surface area contributed by atoms with E-state index >= 15 is 0 Å². The van der Waals surface area contributed by atoms with Crippen LogP contribution in [0.3, 0.4) is 0 Å². The molecule has 1 aromatic rings. The molecule has 1 heterocycles. The van der Waals surface area contributed by atoms with Gasteiger partial charge < -0.3 is 19.7 Å². The Bertz CT molecular complexity index is 581. The molecule has 0 aliphatic rings. The highest BCUT2D eigenvalue weighted by Crippen LogP contribution is 2.37. The molecule has 0 atom stereocenters. The second kappa shape index (κ2) is 6.58. The summed E-state index contributed by atoms with van der Waals surface area (Å²) in [5.41, 5.74) is 0.536. The van der Waals surface area contributed by atoms with E-state index in [1.54, 1.807) is 0 Å². The normalized spacial score (nSPS) is 11.8. The number of pyridine rings is 1. The number of hydrogen-bond donors (Lipinski definition) is 3. The van der Waals surface area contributed by atoms with Gasteiger partial charge in [0.2, 0.25) is 0 Å². The van der Waals surface area contributed by atoms with Gasteiger partial charge in [0, 0.05) is 24.2 Å². The lowest BCUT2D eigenvalue weighted by atomic mass is 10.1. The molecule has 1 aromatic heterocycles. The fourth-order valence-corrected chi connectivity index (χ4v) is 1.53. The molecule has 0 saturated carbocycles. The molecule has 0 aromatic carbocycles. The van der Waals surface area contributed by atoms with Crippen LogP contribution in [0.4, 0.5) is 0 Å². The largest absolute Gasteiger partial charge is 0.505 e. The third-order valence-corrected chi connectivity index (χ3v) is 2.57. The lowest BCUT2D eigenvalue weighted by Crippen LogP contribution is -2.01. The topological polar surface area (TPSA) is 139 Å². The molecule has 0 spiro atoms. The molecule has 0 saturated heterocycles. The Labute approximate surface area is 114 Å². The van der Waals surface area contributed by atoms with Gasteiger partial charge in [-0.25, -0.2) is 9.36 Å². The average Bonchev–Trinajstić information content (AvgIpc) is 2.32. The van der Waals surface area contributed by atoms with Crippen molar-refractivity contribution in [1.29, 1.82) is 0 Å². The van der Waals surface area contributed by atoms with Crippen LogP contribution in [-0.2, 0) is 25.3 Å². The molecule has 0 aliphatic carbocycles. The second-order valence-electron chi connectivity index (χ2n) is 3.71. The minimum Gasteiger partial charge on any atom is -0.505 e. The van der Waals surface area contributed by atoms with Crippen molar-refractivity contribution in [3.8, 4) is 5.75 Å². The molecular weight excluding hydrogens is 291 g/mol. The molecular formula is C10H13N2O7P. The van der Waals surface area contributed by atoms with Gasteiger partial charge in [-0.1, -0.05) is 5.16 Å². The number of carbonyl (C=O) groups is 1. The first-order valence-electron chi connectivity index (χ1n) is 5.29. The fraction of sp³-hybridized carbons (Fsp3) is 0.300. The third kappa shape index (κ3) is 5.06. The van der Waals surface area contributed by atoms with Gasteiger partial charge >= 0.3 is 13.8 Å². The highest BCUT2D eigenvalue weighted by Gasteiger charge is 2.17. The lowest BCUT2D eigenvalue weighted by molar-refractivity contribution is -0.140. The summed E-state index contributed by atoms with van der Waals surface area (Å²) >= 11 is 0. The predicted molar refractivity (Wildman–Crippen MR) is 66.8 cm³/mol. The van der Waals surface area contributed by atoms with Crippen LogP contribution in [0.5, 0.6) is 5.75 Å². The lowest BCUT2D eigenvalue weighted by Gasteiger charge is -2.10. The monoisotopic (exact) mass is 304 g/mol. The summed E-state index contributed by atoms with van der Waals surface area (Å²) in [7, 11) is -4.66. The number of nitrogens with zero attached hydrogens (tertiary/aromatic N) is 2. The maximum atomic E-state index is 10.7. The number of aromatic nitrogens is 1. The van der Waals surface area contributed by atoms with Gasteiger partial charge in [-0.2, -0.15) is 0 Å². The summed E-state index contributed by atoms with van der Waals surface area (Å²) in [5.74, 6) is -0.910. The number of rotatable bonds is 5. The number of phosphoric ester groups is 1. The van der Waals surface area contributed by atoms with Crippen molar-refractivity contribution in [2.24, 2.45) is 5.16 Å². The Kier molecular flexibility index (Phi) is 5.34. The SMILES string of the molecule is CC(=O)O/N=C/c1c(COP(=O)(O)O)cnc(C)c1O. The smallest absolute Gasteiger partial charge is 0.469 e. The molecule has 0 aliphatic heterocycles. The van der Waals surface area contributed by atoms with E-state index in [1.165, 1.54) is 13.1 Å². The van der Waals surface area contributed by atoms with Crippen LogP contribution >= 0.6 is 7.82 Å². The van der Waals surface area contributed by atoms with Crippen molar-refractivity contribution in [2.75, 3.05) is 0 Å². The highest BCUT2D eigenvalue weighted by atomic mass is 31.2. The first-order chi connectivity index (χ1) is 9.20. The van der Waals surface area contributed by atoms with E-state index in [1.807, 2.05) is 0 Å². The highest BCUT2D eigenvalue weighted by molar-refractivity contribution is 7.46. The summed E-state index contributed by atoms with van der Waals surface area (Å²) in [4.78, 5) is 36.1. The number of hydrogen-bond acceptors (Lipinski definition) is 7. The van der Waals surface area contributed by atoms with Crippen LogP contribution in [0.1, 0.15) is 23.7 Å².